The summed E-state index contributed by atoms with van der Waals surface area (Å²) in [5.74, 6) is 0.767. The number of hydrogen-bond acceptors (Lipinski definition) is 3. The lowest BCUT2D eigenvalue weighted by molar-refractivity contribution is 0.215. The molecule has 18 heavy (non-hydrogen) atoms. The molecule has 0 radical (unpaired) electrons. The molecule has 1 aliphatic carbocycles. The molecule has 2 unspecified atom stereocenters. The summed E-state index contributed by atoms with van der Waals surface area (Å²) >= 11 is 0. The molecule has 1 aromatic heterocycles. The van der Waals surface area contributed by atoms with E-state index in [4.69, 9.17) is 5.73 Å². The van der Waals surface area contributed by atoms with Gasteiger partial charge in [0.25, 0.3) is 0 Å². The van der Waals surface area contributed by atoms with Crippen LogP contribution in [0.5, 0.6) is 0 Å². The first-order chi connectivity index (χ1) is 8.63. The molecule has 1 saturated carbocycles. The topological polar surface area (TPSA) is 42.1 Å². The van der Waals surface area contributed by atoms with E-state index in [0.29, 0.717) is 6.04 Å². The zero-order chi connectivity index (χ0) is 13.0. The van der Waals surface area contributed by atoms with Crippen LogP contribution in [0.4, 0.5) is 0 Å². The molecule has 0 aliphatic heterocycles. The number of aromatic nitrogens is 1. The van der Waals surface area contributed by atoms with Crippen molar-refractivity contribution in [2.24, 2.45) is 11.7 Å². The van der Waals surface area contributed by atoms with Gasteiger partial charge in [0.2, 0.25) is 0 Å². The Morgan fingerprint density at radius 1 is 1.39 bits per heavy atom. The molecule has 3 nitrogen and oxygen atoms in total. The SMILES string of the molecule is Cc1cccc(CN(C)CC2CCCC(N)C2)n1. The Morgan fingerprint density at radius 2 is 2.22 bits per heavy atom. The number of pyridine rings is 1. The number of aryl methyl sites for hydroxylation is 1. The molecule has 0 saturated heterocycles. The first-order valence-electron chi connectivity index (χ1n) is 7.00. The molecule has 1 heterocycles. The lowest BCUT2D eigenvalue weighted by atomic mass is 9.86. The van der Waals surface area contributed by atoms with Gasteiger partial charge in [0.05, 0.1) is 5.69 Å². The van der Waals surface area contributed by atoms with Crippen molar-refractivity contribution in [3.63, 3.8) is 0 Å². The Hall–Kier alpha value is -0.930. The third kappa shape index (κ3) is 4.07. The zero-order valence-electron chi connectivity index (χ0n) is 11.6. The Bertz CT molecular complexity index is 378. The first kappa shape index (κ1) is 13.5. The van der Waals surface area contributed by atoms with Crippen LogP contribution in [0.15, 0.2) is 18.2 Å². The van der Waals surface area contributed by atoms with Crippen molar-refractivity contribution in [2.75, 3.05) is 13.6 Å². The normalized spacial score (nSPS) is 24.4. The van der Waals surface area contributed by atoms with E-state index in [1.165, 1.54) is 25.7 Å². The van der Waals surface area contributed by atoms with Crippen molar-refractivity contribution in [3.05, 3.63) is 29.6 Å². The van der Waals surface area contributed by atoms with Gasteiger partial charge < -0.3 is 10.6 Å². The van der Waals surface area contributed by atoms with Crippen LogP contribution < -0.4 is 5.73 Å². The molecular formula is C15H25N3. The van der Waals surface area contributed by atoms with Gasteiger partial charge in [0, 0.05) is 24.8 Å². The summed E-state index contributed by atoms with van der Waals surface area (Å²) in [6.07, 6.45) is 5.02. The van der Waals surface area contributed by atoms with Gasteiger partial charge in [-0.15, -0.1) is 0 Å². The highest BCUT2D eigenvalue weighted by Crippen LogP contribution is 2.23. The van der Waals surface area contributed by atoms with Crippen LogP contribution in [0, 0.1) is 12.8 Å². The summed E-state index contributed by atoms with van der Waals surface area (Å²) < 4.78 is 0. The van der Waals surface area contributed by atoms with E-state index in [1.54, 1.807) is 0 Å². The molecule has 1 fully saturated rings. The van der Waals surface area contributed by atoms with Crippen LogP contribution >= 0.6 is 0 Å². The van der Waals surface area contributed by atoms with E-state index in [0.717, 1.165) is 30.4 Å². The molecule has 2 N–H and O–H groups in total. The summed E-state index contributed by atoms with van der Waals surface area (Å²) in [5.41, 5.74) is 8.30. The first-order valence-corrected chi connectivity index (χ1v) is 7.00. The van der Waals surface area contributed by atoms with Gasteiger partial charge in [-0.25, -0.2) is 0 Å². The van der Waals surface area contributed by atoms with Gasteiger partial charge in [0.1, 0.15) is 0 Å². The maximum Gasteiger partial charge on any atom is 0.0547 e. The number of hydrogen-bond donors (Lipinski definition) is 1. The predicted octanol–water partition coefficient (Wildman–Crippen LogP) is 2.34. The van der Waals surface area contributed by atoms with Crippen molar-refractivity contribution in [2.45, 2.75) is 45.2 Å². The second kappa shape index (κ2) is 6.30. The summed E-state index contributed by atoms with van der Waals surface area (Å²) in [4.78, 5) is 6.93. The van der Waals surface area contributed by atoms with Crippen LogP contribution in [-0.4, -0.2) is 29.5 Å². The van der Waals surface area contributed by atoms with Crippen LogP contribution in [-0.2, 0) is 6.54 Å². The van der Waals surface area contributed by atoms with Gasteiger partial charge >= 0.3 is 0 Å². The van der Waals surface area contributed by atoms with Gasteiger partial charge in [-0.05, 0) is 51.3 Å². The highest BCUT2D eigenvalue weighted by atomic mass is 15.1. The molecule has 1 aromatic rings. The predicted molar refractivity (Wildman–Crippen MR) is 75.2 cm³/mol. The minimum Gasteiger partial charge on any atom is -0.328 e. The molecule has 0 aromatic carbocycles. The number of nitrogens with two attached hydrogens (primary N) is 1. The third-order valence-corrected chi connectivity index (χ3v) is 3.77. The van der Waals surface area contributed by atoms with E-state index in [1.807, 2.05) is 13.0 Å². The standard InChI is InChI=1S/C15H25N3/c1-12-5-3-8-15(17-12)11-18(2)10-13-6-4-7-14(16)9-13/h3,5,8,13-14H,4,6-7,9-11,16H2,1-2H3. The van der Waals surface area contributed by atoms with E-state index >= 15 is 0 Å². The molecule has 3 heteroatoms. The fourth-order valence-corrected chi connectivity index (χ4v) is 2.97. The third-order valence-electron chi connectivity index (χ3n) is 3.77. The molecule has 0 amide bonds. The van der Waals surface area contributed by atoms with E-state index in [9.17, 15) is 0 Å². The van der Waals surface area contributed by atoms with Crippen LogP contribution in [0.1, 0.15) is 37.1 Å². The van der Waals surface area contributed by atoms with Gasteiger partial charge in [0.15, 0.2) is 0 Å². The molecule has 0 bridgehead atoms. The van der Waals surface area contributed by atoms with Gasteiger partial charge in [-0.3, -0.25) is 4.98 Å². The zero-order valence-corrected chi connectivity index (χ0v) is 11.6. The molecule has 0 spiro atoms. The summed E-state index contributed by atoms with van der Waals surface area (Å²) in [6.45, 7) is 4.13. The quantitative estimate of drug-likeness (QED) is 0.888. The second-order valence-electron chi connectivity index (χ2n) is 5.76. The smallest absolute Gasteiger partial charge is 0.0547 e. The fourth-order valence-electron chi connectivity index (χ4n) is 2.97. The average Bonchev–Trinajstić information content (AvgIpc) is 2.28. The number of rotatable bonds is 4. The Balaban J connectivity index is 1.82. The highest BCUT2D eigenvalue weighted by Gasteiger charge is 2.20. The van der Waals surface area contributed by atoms with Crippen LogP contribution in [0.2, 0.25) is 0 Å². The molecule has 2 atom stereocenters. The minimum atomic E-state index is 0.425. The molecule has 100 valence electrons. The van der Waals surface area contributed by atoms with Crippen molar-refractivity contribution >= 4 is 0 Å². The molecular weight excluding hydrogens is 222 g/mol. The van der Waals surface area contributed by atoms with Gasteiger partial charge in [-0.2, -0.15) is 0 Å². The van der Waals surface area contributed by atoms with Gasteiger partial charge in [-0.1, -0.05) is 12.5 Å². The number of nitrogens with zero attached hydrogens (tertiary/aromatic N) is 2. The van der Waals surface area contributed by atoms with E-state index in [-0.39, 0.29) is 0 Å². The van der Waals surface area contributed by atoms with E-state index < -0.39 is 0 Å². The lowest BCUT2D eigenvalue weighted by Gasteiger charge is -2.30. The molecule has 1 aliphatic rings. The lowest BCUT2D eigenvalue weighted by Crippen LogP contribution is -2.34. The van der Waals surface area contributed by atoms with Crippen LogP contribution in [0.25, 0.3) is 0 Å². The van der Waals surface area contributed by atoms with Crippen molar-refractivity contribution in [1.82, 2.24) is 9.88 Å². The summed E-state index contributed by atoms with van der Waals surface area (Å²) in [6, 6.07) is 6.66. The Kier molecular flexibility index (Phi) is 4.72. The van der Waals surface area contributed by atoms with Crippen molar-refractivity contribution in [3.8, 4) is 0 Å². The van der Waals surface area contributed by atoms with E-state index in [2.05, 4.69) is 29.1 Å². The van der Waals surface area contributed by atoms with Crippen molar-refractivity contribution in [1.29, 1.82) is 0 Å². The summed E-state index contributed by atoms with van der Waals surface area (Å²) in [7, 11) is 2.18. The Morgan fingerprint density at radius 3 is 2.94 bits per heavy atom. The maximum atomic E-state index is 6.04. The average molecular weight is 247 g/mol. The minimum absolute atomic E-state index is 0.425. The highest BCUT2D eigenvalue weighted by molar-refractivity contribution is 5.09. The fraction of sp³-hybridized carbons (Fsp3) is 0.667. The largest absolute Gasteiger partial charge is 0.328 e. The second-order valence-corrected chi connectivity index (χ2v) is 5.76. The maximum absolute atomic E-state index is 6.04. The summed E-state index contributed by atoms with van der Waals surface area (Å²) in [5, 5.41) is 0. The van der Waals surface area contributed by atoms with Crippen molar-refractivity contribution < 1.29 is 0 Å². The van der Waals surface area contributed by atoms with Crippen LogP contribution in [0.3, 0.4) is 0 Å². The monoisotopic (exact) mass is 247 g/mol. The molecule has 2 rings (SSSR count). The Labute approximate surface area is 110 Å².